The predicted molar refractivity (Wildman–Crippen MR) is 149 cm³/mol. The van der Waals surface area contributed by atoms with Gasteiger partial charge < -0.3 is 19.5 Å². The molecule has 0 unspecified atom stereocenters. The Labute approximate surface area is 238 Å². The van der Waals surface area contributed by atoms with Crippen molar-refractivity contribution in [2.75, 3.05) is 23.3 Å². The fraction of sp³-hybridized carbons (Fsp3) is 0.207. The van der Waals surface area contributed by atoms with E-state index in [1.165, 1.54) is 18.3 Å². The highest BCUT2D eigenvalue weighted by Gasteiger charge is 2.49. The van der Waals surface area contributed by atoms with Crippen molar-refractivity contribution < 1.29 is 18.7 Å². The molecule has 41 heavy (non-hydrogen) atoms. The van der Waals surface area contributed by atoms with Gasteiger partial charge in [0.2, 0.25) is 0 Å². The number of amides is 2. The SMILES string of the molecule is O=C1Nc2ccc(Cl)c(F)c2[C@]2(CCN(c3cncc(C(=O)NCc4ccc(Cn5ccccc5=O)nc4)c3)C2)O1. The quantitative estimate of drug-likeness (QED) is 0.356. The van der Waals surface area contributed by atoms with Crippen LogP contribution < -0.4 is 21.1 Å². The summed E-state index contributed by atoms with van der Waals surface area (Å²) in [5, 5.41) is 5.35. The van der Waals surface area contributed by atoms with Gasteiger partial charge in [-0.3, -0.25) is 24.9 Å². The first-order valence-electron chi connectivity index (χ1n) is 12.9. The molecule has 6 rings (SSSR count). The summed E-state index contributed by atoms with van der Waals surface area (Å²) in [4.78, 5) is 47.7. The molecular weight excluding hydrogens is 551 g/mol. The van der Waals surface area contributed by atoms with Crippen LogP contribution in [-0.4, -0.2) is 39.6 Å². The highest BCUT2D eigenvalue weighted by molar-refractivity contribution is 6.31. The van der Waals surface area contributed by atoms with Crippen molar-refractivity contribution in [3.63, 3.8) is 0 Å². The Morgan fingerprint density at radius 1 is 1.15 bits per heavy atom. The van der Waals surface area contributed by atoms with Crippen molar-refractivity contribution in [3.8, 4) is 0 Å². The standard InChI is InChI=1S/C29H24ClFN6O4/c30-22-6-7-23-25(26(22)31)29(41-28(40)35-23)8-10-37(17-29)21-11-19(14-32-15-21)27(39)34-13-18-4-5-20(33-12-18)16-36-9-2-1-3-24(36)38/h1-7,9,11-12,14-15H,8,10,13,16-17H2,(H,34,39)(H,35,40)/t29-/m1/s1. The molecule has 2 aliphatic heterocycles. The van der Waals surface area contributed by atoms with Gasteiger partial charge in [-0.05, 0) is 35.9 Å². The molecule has 2 N–H and O–H groups in total. The highest BCUT2D eigenvalue weighted by Crippen LogP contribution is 2.46. The van der Waals surface area contributed by atoms with Crippen molar-refractivity contribution in [1.82, 2.24) is 19.9 Å². The Balaban J connectivity index is 1.12. The Morgan fingerprint density at radius 3 is 2.83 bits per heavy atom. The van der Waals surface area contributed by atoms with Crippen LogP contribution in [0.2, 0.25) is 5.02 Å². The molecule has 1 fully saturated rings. The second kappa shape index (κ2) is 10.7. The highest BCUT2D eigenvalue weighted by atomic mass is 35.5. The van der Waals surface area contributed by atoms with Crippen molar-refractivity contribution in [3.05, 3.63) is 117 Å². The van der Waals surface area contributed by atoms with Gasteiger partial charge in [-0.25, -0.2) is 9.18 Å². The lowest BCUT2D eigenvalue weighted by molar-refractivity contribution is 0.0264. The molecule has 12 heteroatoms. The van der Waals surface area contributed by atoms with Gasteiger partial charge in [-0.15, -0.1) is 0 Å². The van der Waals surface area contributed by atoms with E-state index in [1.807, 2.05) is 17.0 Å². The van der Waals surface area contributed by atoms with E-state index in [9.17, 15) is 14.4 Å². The van der Waals surface area contributed by atoms with E-state index in [0.717, 1.165) is 11.3 Å². The van der Waals surface area contributed by atoms with Crippen LogP contribution in [0.3, 0.4) is 0 Å². The number of nitrogens with zero attached hydrogens (tertiary/aromatic N) is 4. The van der Waals surface area contributed by atoms with Crippen LogP contribution in [0.1, 0.15) is 33.6 Å². The lowest BCUT2D eigenvalue weighted by Crippen LogP contribution is -2.42. The van der Waals surface area contributed by atoms with Crippen LogP contribution in [0.25, 0.3) is 0 Å². The number of halogens is 2. The van der Waals surface area contributed by atoms with Gasteiger partial charge in [0.15, 0.2) is 11.4 Å². The summed E-state index contributed by atoms with van der Waals surface area (Å²) in [5.41, 5.74) is 1.70. The molecule has 1 saturated heterocycles. The minimum absolute atomic E-state index is 0.0572. The van der Waals surface area contributed by atoms with E-state index in [2.05, 4.69) is 20.6 Å². The maximum atomic E-state index is 15.1. The first-order valence-corrected chi connectivity index (χ1v) is 13.3. The number of nitrogens with one attached hydrogen (secondary N) is 2. The summed E-state index contributed by atoms with van der Waals surface area (Å²) in [6.07, 6.45) is 6.10. The molecule has 0 radical (unpaired) electrons. The molecule has 1 aromatic carbocycles. The number of carbonyl (C=O) groups excluding carboxylic acids is 2. The molecule has 0 aliphatic carbocycles. The predicted octanol–water partition coefficient (Wildman–Crippen LogP) is 4.08. The number of anilines is 2. The van der Waals surface area contributed by atoms with Crippen LogP contribution in [0.5, 0.6) is 0 Å². The van der Waals surface area contributed by atoms with Crippen molar-refractivity contribution >= 4 is 35.0 Å². The first-order chi connectivity index (χ1) is 19.8. The molecule has 1 atom stereocenters. The number of rotatable bonds is 6. The smallest absolute Gasteiger partial charge is 0.412 e. The van der Waals surface area contributed by atoms with Gasteiger partial charge in [-0.2, -0.15) is 0 Å². The zero-order chi connectivity index (χ0) is 28.6. The monoisotopic (exact) mass is 574 g/mol. The van der Waals surface area contributed by atoms with Crippen LogP contribution in [0.4, 0.5) is 20.6 Å². The average Bonchev–Trinajstić information content (AvgIpc) is 3.39. The molecule has 2 aliphatic rings. The van der Waals surface area contributed by atoms with Gasteiger partial charge >= 0.3 is 6.09 Å². The van der Waals surface area contributed by atoms with E-state index in [-0.39, 0.29) is 35.1 Å². The summed E-state index contributed by atoms with van der Waals surface area (Å²) in [6.45, 7) is 1.21. The summed E-state index contributed by atoms with van der Waals surface area (Å²) < 4.78 is 22.3. The first kappa shape index (κ1) is 26.5. The van der Waals surface area contributed by atoms with Gasteiger partial charge in [0.25, 0.3) is 11.5 Å². The van der Waals surface area contributed by atoms with E-state index < -0.39 is 17.5 Å². The van der Waals surface area contributed by atoms with Crippen LogP contribution in [0.15, 0.2) is 78.1 Å². The van der Waals surface area contributed by atoms with E-state index in [1.54, 1.807) is 47.4 Å². The maximum absolute atomic E-state index is 15.1. The summed E-state index contributed by atoms with van der Waals surface area (Å²) in [6, 6.07) is 13.3. The van der Waals surface area contributed by atoms with Gasteiger partial charge in [-0.1, -0.05) is 23.7 Å². The zero-order valence-corrected chi connectivity index (χ0v) is 22.4. The topological polar surface area (TPSA) is 118 Å². The van der Waals surface area contributed by atoms with Crippen LogP contribution in [-0.2, 0) is 23.4 Å². The van der Waals surface area contributed by atoms with Gasteiger partial charge in [0, 0.05) is 44.2 Å². The van der Waals surface area contributed by atoms with Crippen molar-refractivity contribution in [2.45, 2.75) is 25.1 Å². The van der Waals surface area contributed by atoms with E-state index in [4.69, 9.17) is 16.3 Å². The minimum atomic E-state index is -1.22. The molecule has 5 heterocycles. The Bertz CT molecular complexity index is 1710. The second-order valence-electron chi connectivity index (χ2n) is 9.90. The van der Waals surface area contributed by atoms with E-state index in [0.29, 0.717) is 36.4 Å². The normalized spacial score (nSPS) is 17.6. The third-order valence-electron chi connectivity index (χ3n) is 7.23. The Morgan fingerprint density at radius 2 is 2.02 bits per heavy atom. The zero-order valence-electron chi connectivity index (χ0n) is 21.6. The number of carbonyl (C=O) groups is 2. The average molecular weight is 575 g/mol. The molecule has 208 valence electrons. The van der Waals surface area contributed by atoms with Gasteiger partial charge in [0.05, 0.1) is 52.5 Å². The third-order valence-corrected chi connectivity index (χ3v) is 7.52. The number of pyridine rings is 3. The van der Waals surface area contributed by atoms with E-state index >= 15 is 4.39 Å². The lowest BCUT2D eigenvalue weighted by atomic mass is 9.89. The van der Waals surface area contributed by atoms with Gasteiger partial charge in [0.1, 0.15) is 0 Å². The summed E-state index contributed by atoms with van der Waals surface area (Å²) >= 11 is 6.05. The fourth-order valence-electron chi connectivity index (χ4n) is 5.18. The number of fused-ring (bicyclic) bond motifs is 2. The summed E-state index contributed by atoms with van der Waals surface area (Å²) in [7, 11) is 0. The molecule has 10 nitrogen and oxygen atoms in total. The number of benzene rings is 1. The third kappa shape index (κ3) is 5.23. The van der Waals surface area contributed by atoms with Crippen LogP contribution >= 0.6 is 11.6 Å². The second-order valence-corrected chi connectivity index (χ2v) is 10.3. The van der Waals surface area contributed by atoms with Crippen molar-refractivity contribution in [2.24, 2.45) is 0 Å². The molecule has 2 amide bonds. The largest absolute Gasteiger partial charge is 0.436 e. The maximum Gasteiger partial charge on any atom is 0.412 e. The molecule has 3 aromatic heterocycles. The number of hydrogen-bond acceptors (Lipinski definition) is 7. The molecule has 1 spiro atoms. The Kier molecular flexibility index (Phi) is 6.88. The minimum Gasteiger partial charge on any atom is -0.436 e. The number of aromatic nitrogens is 3. The summed E-state index contributed by atoms with van der Waals surface area (Å²) in [5.74, 6) is -0.960. The number of hydrogen-bond donors (Lipinski definition) is 2. The Hall–Kier alpha value is -4.77. The fourth-order valence-corrected chi connectivity index (χ4v) is 5.34. The molecule has 0 bridgehead atoms. The lowest BCUT2D eigenvalue weighted by Gasteiger charge is -2.36. The molecule has 0 saturated carbocycles. The molecule has 4 aromatic rings. The van der Waals surface area contributed by atoms with Crippen molar-refractivity contribution in [1.29, 1.82) is 0 Å². The van der Waals surface area contributed by atoms with Crippen LogP contribution in [0, 0.1) is 5.82 Å². The number of ether oxygens (including phenoxy) is 1. The molecular formula is C29H24ClFN6O4.